The van der Waals surface area contributed by atoms with Crippen LogP contribution in [0.1, 0.15) is 46.1 Å². The average Bonchev–Trinajstić information content (AvgIpc) is 2.43. The highest BCUT2D eigenvalue weighted by molar-refractivity contribution is 5.72. The molecule has 1 aromatic carbocycles. The molecule has 0 atom stereocenters. The SMILES string of the molecule is CC(C)CC(CC(C)C)NCCOC(=O)Cc1ccccc1. The van der Waals surface area contributed by atoms with Crippen molar-refractivity contribution in [2.75, 3.05) is 13.2 Å². The number of esters is 1. The number of rotatable bonds is 10. The van der Waals surface area contributed by atoms with Gasteiger partial charge in [0.05, 0.1) is 6.42 Å². The van der Waals surface area contributed by atoms with Gasteiger partial charge in [-0.25, -0.2) is 0 Å². The van der Waals surface area contributed by atoms with Gasteiger partial charge in [0.15, 0.2) is 0 Å². The molecule has 1 N–H and O–H groups in total. The molecule has 0 bridgehead atoms. The van der Waals surface area contributed by atoms with Crippen molar-refractivity contribution in [3.63, 3.8) is 0 Å². The second-order valence-electron chi connectivity index (χ2n) is 6.79. The number of nitrogens with one attached hydrogen (secondary N) is 1. The number of ether oxygens (including phenoxy) is 1. The fourth-order valence-corrected chi connectivity index (χ4v) is 2.64. The third-order valence-electron chi connectivity index (χ3n) is 3.50. The second kappa shape index (κ2) is 10.4. The first kappa shape index (κ1) is 18.7. The van der Waals surface area contributed by atoms with Crippen LogP contribution in [-0.2, 0) is 16.0 Å². The zero-order valence-corrected chi connectivity index (χ0v) is 14.5. The zero-order chi connectivity index (χ0) is 16.4. The minimum atomic E-state index is -0.155. The highest BCUT2D eigenvalue weighted by Gasteiger charge is 2.12. The maximum Gasteiger partial charge on any atom is 0.310 e. The summed E-state index contributed by atoms with van der Waals surface area (Å²) in [6.07, 6.45) is 2.68. The highest BCUT2D eigenvalue weighted by atomic mass is 16.5. The summed E-state index contributed by atoms with van der Waals surface area (Å²) in [5.74, 6) is 1.20. The van der Waals surface area contributed by atoms with E-state index in [4.69, 9.17) is 4.74 Å². The van der Waals surface area contributed by atoms with Crippen molar-refractivity contribution < 1.29 is 9.53 Å². The van der Waals surface area contributed by atoms with Gasteiger partial charge >= 0.3 is 5.97 Å². The quantitative estimate of drug-likeness (QED) is 0.527. The number of carbonyl (C=O) groups is 1. The Morgan fingerprint density at radius 2 is 1.64 bits per heavy atom. The summed E-state index contributed by atoms with van der Waals surface area (Å²) >= 11 is 0. The van der Waals surface area contributed by atoms with Crippen LogP contribution < -0.4 is 5.32 Å². The van der Waals surface area contributed by atoms with E-state index < -0.39 is 0 Å². The van der Waals surface area contributed by atoms with E-state index in [2.05, 4.69) is 33.0 Å². The maximum atomic E-state index is 11.8. The summed E-state index contributed by atoms with van der Waals surface area (Å²) in [7, 11) is 0. The van der Waals surface area contributed by atoms with Crippen molar-refractivity contribution in [1.29, 1.82) is 0 Å². The molecule has 22 heavy (non-hydrogen) atoms. The van der Waals surface area contributed by atoms with Gasteiger partial charge in [-0.15, -0.1) is 0 Å². The van der Waals surface area contributed by atoms with E-state index in [1.165, 1.54) is 0 Å². The number of benzene rings is 1. The molecule has 3 nitrogen and oxygen atoms in total. The van der Waals surface area contributed by atoms with Crippen LogP contribution in [0, 0.1) is 11.8 Å². The summed E-state index contributed by atoms with van der Waals surface area (Å²) in [6, 6.07) is 10.2. The fourth-order valence-electron chi connectivity index (χ4n) is 2.64. The molecular formula is C19H31NO2. The molecule has 0 aliphatic rings. The molecule has 124 valence electrons. The molecule has 0 spiro atoms. The van der Waals surface area contributed by atoms with Crippen molar-refractivity contribution in [3.8, 4) is 0 Å². The molecule has 0 unspecified atom stereocenters. The molecule has 0 radical (unpaired) electrons. The molecule has 3 heteroatoms. The molecule has 0 saturated carbocycles. The summed E-state index contributed by atoms with van der Waals surface area (Å²) in [5.41, 5.74) is 0.998. The molecular weight excluding hydrogens is 274 g/mol. The molecule has 0 aromatic heterocycles. The molecule has 0 fully saturated rings. The number of carbonyl (C=O) groups excluding carboxylic acids is 1. The van der Waals surface area contributed by atoms with E-state index in [9.17, 15) is 4.79 Å². The molecule has 0 heterocycles. The molecule has 1 aromatic rings. The predicted octanol–water partition coefficient (Wildman–Crippen LogP) is 3.82. The molecule has 0 aliphatic carbocycles. The Balaban J connectivity index is 2.23. The Morgan fingerprint density at radius 3 is 2.18 bits per heavy atom. The molecule has 0 amide bonds. The topological polar surface area (TPSA) is 38.3 Å². The van der Waals surface area contributed by atoms with E-state index in [0.717, 1.165) is 24.9 Å². The van der Waals surface area contributed by atoms with Gasteiger partial charge in [-0.3, -0.25) is 4.79 Å². The van der Waals surface area contributed by atoms with Crippen LogP contribution in [0.2, 0.25) is 0 Å². The number of hydrogen-bond donors (Lipinski definition) is 1. The second-order valence-corrected chi connectivity index (χ2v) is 6.79. The fraction of sp³-hybridized carbons (Fsp3) is 0.632. The van der Waals surface area contributed by atoms with Gasteiger partial charge in [-0.1, -0.05) is 58.0 Å². The van der Waals surface area contributed by atoms with Gasteiger partial charge in [0.1, 0.15) is 6.61 Å². The minimum Gasteiger partial charge on any atom is -0.464 e. The van der Waals surface area contributed by atoms with E-state index >= 15 is 0 Å². The van der Waals surface area contributed by atoms with E-state index in [1.54, 1.807) is 0 Å². The van der Waals surface area contributed by atoms with Crippen LogP contribution in [-0.4, -0.2) is 25.2 Å². The molecule has 1 rings (SSSR count). The first-order chi connectivity index (χ1) is 10.5. The van der Waals surface area contributed by atoms with Crippen LogP contribution in [0.3, 0.4) is 0 Å². The Morgan fingerprint density at radius 1 is 1.05 bits per heavy atom. The lowest BCUT2D eigenvalue weighted by Gasteiger charge is -2.22. The zero-order valence-electron chi connectivity index (χ0n) is 14.5. The van der Waals surface area contributed by atoms with E-state index in [-0.39, 0.29) is 5.97 Å². The maximum absolute atomic E-state index is 11.8. The van der Waals surface area contributed by atoms with E-state index in [0.29, 0.717) is 30.9 Å². The van der Waals surface area contributed by atoms with Crippen LogP contribution in [0.4, 0.5) is 0 Å². The first-order valence-corrected chi connectivity index (χ1v) is 8.40. The smallest absolute Gasteiger partial charge is 0.310 e. The molecule has 0 aliphatic heterocycles. The first-order valence-electron chi connectivity index (χ1n) is 8.40. The summed E-state index contributed by atoms with van der Waals surface area (Å²) in [4.78, 5) is 11.8. The van der Waals surface area contributed by atoms with Crippen LogP contribution in [0.15, 0.2) is 30.3 Å². The Kier molecular flexibility index (Phi) is 8.83. The van der Waals surface area contributed by atoms with Crippen molar-refractivity contribution in [2.45, 2.75) is 53.0 Å². The Hall–Kier alpha value is -1.35. The van der Waals surface area contributed by atoms with Crippen LogP contribution >= 0.6 is 0 Å². The monoisotopic (exact) mass is 305 g/mol. The average molecular weight is 305 g/mol. The largest absolute Gasteiger partial charge is 0.464 e. The van der Waals surface area contributed by atoms with E-state index in [1.807, 2.05) is 30.3 Å². The van der Waals surface area contributed by atoms with Gasteiger partial charge < -0.3 is 10.1 Å². The Labute approximate surface area is 135 Å². The summed E-state index contributed by atoms with van der Waals surface area (Å²) in [5, 5.41) is 3.52. The third kappa shape index (κ3) is 8.83. The highest BCUT2D eigenvalue weighted by Crippen LogP contribution is 2.13. The van der Waals surface area contributed by atoms with Gasteiger partial charge in [-0.2, -0.15) is 0 Å². The minimum absolute atomic E-state index is 0.155. The van der Waals surface area contributed by atoms with Crippen LogP contribution in [0.25, 0.3) is 0 Å². The molecule has 0 saturated heterocycles. The number of hydrogen-bond acceptors (Lipinski definition) is 3. The summed E-state index contributed by atoms with van der Waals surface area (Å²) in [6.45, 7) is 10.1. The third-order valence-corrected chi connectivity index (χ3v) is 3.50. The lowest BCUT2D eigenvalue weighted by molar-refractivity contribution is -0.142. The van der Waals surface area contributed by atoms with Gasteiger partial charge in [-0.05, 0) is 30.2 Å². The lowest BCUT2D eigenvalue weighted by atomic mass is 9.96. The summed E-state index contributed by atoms with van der Waals surface area (Å²) < 4.78 is 5.30. The normalized spacial score (nSPS) is 11.4. The van der Waals surface area contributed by atoms with Crippen LogP contribution in [0.5, 0.6) is 0 Å². The standard InChI is InChI=1S/C19H31NO2/c1-15(2)12-18(13-16(3)4)20-10-11-22-19(21)14-17-8-6-5-7-9-17/h5-9,15-16,18,20H,10-14H2,1-4H3. The van der Waals surface area contributed by atoms with Gasteiger partial charge in [0, 0.05) is 12.6 Å². The van der Waals surface area contributed by atoms with Crippen molar-refractivity contribution in [1.82, 2.24) is 5.32 Å². The van der Waals surface area contributed by atoms with Gasteiger partial charge in [0.25, 0.3) is 0 Å². The van der Waals surface area contributed by atoms with Crippen molar-refractivity contribution in [2.24, 2.45) is 11.8 Å². The van der Waals surface area contributed by atoms with Crippen molar-refractivity contribution >= 4 is 5.97 Å². The van der Waals surface area contributed by atoms with Crippen molar-refractivity contribution in [3.05, 3.63) is 35.9 Å². The Bertz CT molecular complexity index is 405. The predicted molar refractivity (Wildman–Crippen MR) is 91.8 cm³/mol. The lowest BCUT2D eigenvalue weighted by Crippen LogP contribution is -2.34. The van der Waals surface area contributed by atoms with Gasteiger partial charge in [0.2, 0.25) is 0 Å².